The Balaban J connectivity index is 0.000000253. The van der Waals surface area contributed by atoms with Crippen LogP contribution in [0, 0.1) is 0 Å². The van der Waals surface area contributed by atoms with Crippen molar-refractivity contribution < 1.29 is 29.1 Å². The molecule has 184 valence electrons. The van der Waals surface area contributed by atoms with E-state index in [1.165, 1.54) is 0 Å². The van der Waals surface area contributed by atoms with E-state index in [1.54, 1.807) is 9.80 Å². The first kappa shape index (κ1) is 30.1. The van der Waals surface area contributed by atoms with Gasteiger partial charge >= 0.3 is 19.5 Å². The van der Waals surface area contributed by atoms with Crippen molar-refractivity contribution in [2.24, 2.45) is 0 Å². The number of hydrogen-bond donors (Lipinski definition) is 0. The average Bonchev–Trinajstić information content (AvgIpc) is 2.91. The maximum absolute atomic E-state index is 11.5. The van der Waals surface area contributed by atoms with E-state index in [0.29, 0.717) is 26.2 Å². The van der Waals surface area contributed by atoms with Gasteiger partial charge in [-0.15, -0.1) is 0 Å². The van der Waals surface area contributed by atoms with Gasteiger partial charge in [0.2, 0.25) is 0 Å². The molecule has 4 nitrogen and oxygen atoms in total. The molecule has 0 radical (unpaired) electrons. The number of carbonyl (C=O) groups is 2. The molecule has 7 heteroatoms. The van der Waals surface area contributed by atoms with E-state index >= 15 is 0 Å². The quantitative estimate of drug-likeness (QED) is 0.172. The van der Waals surface area contributed by atoms with Crippen LogP contribution in [-0.2, 0) is 70.9 Å². The fourth-order valence-electron chi connectivity index (χ4n) is 3.59. The third-order valence-corrected chi connectivity index (χ3v) is 5.90. The summed E-state index contributed by atoms with van der Waals surface area (Å²) in [5, 5.41) is -0.634. The Kier molecular flexibility index (Phi) is 13.5. The van der Waals surface area contributed by atoms with Gasteiger partial charge in [0, 0.05) is 26.2 Å². The second-order valence-electron chi connectivity index (χ2n) is 8.19. The van der Waals surface area contributed by atoms with Crippen LogP contribution in [0.15, 0.2) is 121 Å². The zero-order valence-corrected chi connectivity index (χ0v) is 25.2. The standard InChI is InChI=1S/2C15H15NOS.Zn/c2*17-15(18)16(11-13-7-3-1-4-8-13)12-14-9-5-2-6-10-14;/h2*1-10H,11-12H2,(H,17,18);/q;;+2/p-2. The largest absolute Gasteiger partial charge is 2.00 e. The Labute approximate surface area is 243 Å². The minimum atomic E-state index is -0.317. The van der Waals surface area contributed by atoms with Gasteiger partial charge in [0.15, 0.2) is 0 Å². The van der Waals surface area contributed by atoms with Gasteiger partial charge in [-0.3, -0.25) is 0 Å². The number of carbonyl (C=O) groups excluding carboxylic acids is 2. The van der Waals surface area contributed by atoms with Crippen molar-refractivity contribution >= 4 is 35.7 Å². The summed E-state index contributed by atoms with van der Waals surface area (Å²) in [4.78, 5) is 26.3. The van der Waals surface area contributed by atoms with Crippen molar-refractivity contribution in [1.82, 2.24) is 9.80 Å². The monoisotopic (exact) mass is 576 g/mol. The molecule has 0 heterocycles. The molecule has 0 aliphatic heterocycles. The number of nitrogens with zero attached hydrogens (tertiary/aromatic N) is 2. The number of rotatable bonds is 8. The zero-order valence-electron chi connectivity index (χ0n) is 20.6. The molecule has 0 atom stereocenters. The molecule has 0 fully saturated rings. The first-order chi connectivity index (χ1) is 17.5. The van der Waals surface area contributed by atoms with E-state index in [1.807, 2.05) is 121 Å². The summed E-state index contributed by atoms with van der Waals surface area (Å²) in [5.74, 6) is 0. The van der Waals surface area contributed by atoms with Gasteiger partial charge in [-0.1, -0.05) is 121 Å². The predicted molar refractivity (Wildman–Crippen MR) is 150 cm³/mol. The summed E-state index contributed by atoms with van der Waals surface area (Å²) in [6.07, 6.45) is 0. The van der Waals surface area contributed by atoms with Crippen molar-refractivity contribution in [3.05, 3.63) is 144 Å². The Hall–Kier alpha value is -3.12. The smallest absolute Gasteiger partial charge is 0.719 e. The summed E-state index contributed by atoms with van der Waals surface area (Å²) in [6.45, 7) is 2.21. The van der Waals surface area contributed by atoms with E-state index < -0.39 is 0 Å². The molecule has 0 aliphatic carbocycles. The van der Waals surface area contributed by atoms with Crippen LogP contribution in [0.25, 0.3) is 0 Å². The van der Waals surface area contributed by atoms with Crippen LogP contribution in [0.5, 0.6) is 0 Å². The van der Waals surface area contributed by atoms with Crippen LogP contribution in [-0.4, -0.2) is 20.3 Å². The minimum absolute atomic E-state index is 0. The average molecular weight is 578 g/mol. The molecule has 4 aromatic rings. The van der Waals surface area contributed by atoms with Gasteiger partial charge < -0.3 is 44.6 Å². The Bertz CT molecular complexity index is 1020. The molecule has 0 aliphatic rings. The van der Waals surface area contributed by atoms with Gasteiger partial charge in [0.1, 0.15) is 10.5 Å². The summed E-state index contributed by atoms with van der Waals surface area (Å²) in [7, 11) is 0. The number of hydrogen-bond acceptors (Lipinski definition) is 4. The molecule has 2 amide bonds. The van der Waals surface area contributed by atoms with Gasteiger partial charge in [0.05, 0.1) is 0 Å². The molecular weight excluding hydrogens is 550 g/mol. The van der Waals surface area contributed by atoms with Gasteiger partial charge in [-0.05, 0) is 22.3 Å². The summed E-state index contributed by atoms with van der Waals surface area (Å²) >= 11 is 9.57. The maximum Gasteiger partial charge on any atom is 2.00 e. The van der Waals surface area contributed by atoms with Crippen LogP contribution in [0.3, 0.4) is 0 Å². The first-order valence-electron chi connectivity index (χ1n) is 11.6. The molecule has 0 saturated carbocycles. The van der Waals surface area contributed by atoms with Gasteiger partial charge in [0.25, 0.3) is 0 Å². The van der Waals surface area contributed by atoms with Crippen molar-refractivity contribution in [3.8, 4) is 0 Å². The molecule has 37 heavy (non-hydrogen) atoms. The topological polar surface area (TPSA) is 40.6 Å². The SMILES string of the molecule is O=C([S-])N(Cc1ccccc1)Cc1ccccc1.O=C([S-])N(Cc1ccccc1)Cc1ccccc1.[Zn+2]. The Morgan fingerprint density at radius 2 is 0.622 bits per heavy atom. The fourth-order valence-corrected chi connectivity index (χ4v) is 3.84. The summed E-state index contributed by atoms with van der Waals surface area (Å²) in [5.41, 5.74) is 4.36. The predicted octanol–water partition coefficient (Wildman–Crippen LogP) is 6.71. The van der Waals surface area contributed by atoms with E-state index in [0.717, 1.165) is 22.3 Å². The molecule has 0 unspecified atom stereocenters. The maximum atomic E-state index is 11.5. The molecule has 4 rings (SSSR count). The minimum Gasteiger partial charge on any atom is -0.719 e. The van der Waals surface area contributed by atoms with E-state index in [4.69, 9.17) is 25.3 Å². The van der Waals surface area contributed by atoms with Crippen LogP contribution in [0.4, 0.5) is 9.59 Å². The van der Waals surface area contributed by atoms with Crippen molar-refractivity contribution in [1.29, 1.82) is 0 Å². The molecule has 4 aromatic carbocycles. The summed E-state index contributed by atoms with van der Waals surface area (Å²) in [6, 6.07) is 39.5. The third-order valence-electron chi connectivity index (χ3n) is 5.38. The zero-order chi connectivity index (χ0) is 25.6. The number of benzene rings is 4. The summed E-state index contributed by atoms with van der Waals surface area (Å²) < 4.78 is 0. The first-order valence-corrected chi connectivity index (χ1v) is 12.4. The Morgan fingerprint density at radius 3 is 0.784 bits per heavy atom. The molecule has 0 bridgehead atoms. The number of amides is 2. The molecule has 0 saturated heterocycles. The Morgan fingerprint density at radius 1 is 0.432 bits per heavy atom. The molecule has 0 N–H and O–H groups in total. The van der Waals surface area contributed by atoms with E-state index in [9.17, 15) is 9.59 Å². The third kappa shape index (κ3) is 11.2. The molecule has 0 aromatic heterocycles. The molecular formula is C30H28N2O2S2Zn. The van der Waals surface area contributed by atoms with Gasteiger partial charge in [-0.25, -0.2) is 0 Å². The van der Waals surface area contributed by atoms with Crippen LogP contribution < -0.4 is 0 Å². The fraction of sp³-hybridized carbons (Fsp3) is 0.133. The van der Waals surface area contributed by atoms with Crippen LogP contribution in [0.2, 0.25) is 0 Å². The van der Waals surface area contributed by atoms with Crippen molar-refractivity contribution in [3.63, 3.8) is 0 Å². The molecule has 0 spiro atoms. The second-order valence-corrected chi connectivity index (χ2v) is 8.88. The van der Waals surface area contributed by atoms with Crippen LogP contribution >= 0.6 is 0 Å². The normalized spacial score (nSPS) is 9.73. The second kappa shape index (κ2) is 16.6. The van der Waals surface area contributed by atoms with Crippen molar-refractivity contribution in [2.45, 2.75) is 26.2 Å². The van der Waals surface area contributed by atoms with Gasteiger partial charge in [-0.2, -0.15) is 0 Å². The van der Waals surface area contributed by atoms with E-state index in [2.05, 4.69) is 0 Å². The van der Waals surface area contributed by atoms with Crippen molar-refractivity contribution in [2.75, 3.05) is 0 Å². The van der Waals surface area contributed by atoms with E-state index in [-0.39, 0.29) is 30.0 Å². The van der Waals surface area contributed by atoms with Crippen LogP contribution in [0.1, 0.15) is 22.3 Å².